The summed E-state index contributed by atoms with van der Waals surface area (Å²) in [6.07, 6.45) is 11.9. The van der Waals surface area contributed by atoms with E-state index in [0.717, 1.165) is 31.3 Å². The summed E-state index contributed by atoms with van der Waals surface area (Å²) in [4.78, 5) is 11.8. The molecule has 0 rings (SSSR count). The van der Waals surface area contributed by atoms with Crippen molar-refractivity contribution >= 4 is 5.97 Å². The average molecular weight is 397 g/mol. The number of aliphatic hydroxyl groups is 1. The van der Waals surface area contributed by atoms with E-state index in [1.807, 2.05) is 13.0 Å². The minimum Gasteiger partial charge on any atom is -0.463 e. The third-order valence-corrected chi connectivity index (χ3v) is 4.96. The van der Waals surface area contributed by atoms with E-state index in [2.05, 4.69) is 40.7 Å². The van der Waals surface area contributed by atoms with Crippen molar-refractivity contribution in [1.82, 2.24) is 0 Å². The molecule has 0 aliphatic heterocycles. The molecule has 1 N–H and O–H groups in total. The number of aliphatic hydroxyl groups excluding tert-OH is 1. The van der Waals surface area contributed by atoms with Crippen LogP contribution in [0.1, 0.15) is 86.5 Å². The highest BCUT2D eigenvalue weighted by atomic mass is 16.5. The van der Waals surface area contributed by atoms with Crippen LogP contribution in [0.4, 0.5) is 0 Å². The van der Waals surface area contributed by atoms with Crippen molar-refractivity contribution < 1.29 is 19.4 Å². The summed E-state index contributed by atoms with van der Waals surface area (Å²) in [5.74, 6) is 0.783. The Morgan fingerprint density at radius 3 is 2.43 bits per heavy atom. The highest BCUT2D eigenvalue weighted by Crippen LogP contribution is 2.20. The van der Waals surface area contributed by atoms with Gasteiger partial charge in [-0.1, -0.05) is 45.8 Å². The van der Waals surface area contributed by atoms with Crippen LogP contribution in [-0.4, -0.2) is 36.5 Å². The summed E-state index contributed by atoms with van der Waals surface area (Å²) in [5, 5.41) is 9.81. The molecule has 0 aliphatic rings. The standard InChI is InChI=1S/C24H44O4/c1-19(2)17-22(25)14-10-16-28-23(26)18-21(4)12-8-11-20(3)13-9-15-24(5,6)27-7/h8,12,18-20,22,25H,9-11,13-17H2,1-7H3/b12-8+,21-18+/t20-,22?/m1/s1. The molecule has 0 aromatic carbocycles. The van der Waals surface area contributed by atoms with Crippen molar-refractivity contribution in [2.75, 3.05) is 13.7 Å². The summed E-state index contributed by atoms with van der Waals surface area (Å²) < 4.78 is 10.7. The highest BCUT2D eigenvalue weighted by molar-refractivity contribution is 5.83. The largest absolute Gasteiger partial charge is 0.463 e. The molecule has 0 aromatic rings. The van der Waals surface area contributed by atoms with Gasteiger partial charge in [-0.05, 0) is 70.3 Å². The highest BCUT2D eigenvalue weighted by Gasteiger charge is 2.15. The average Bonchev–Trinajstić information content (AvgIpc) is 2.58. The number of ether oxygens (including phenoxy) is 2. The Kier molecular flexibility index (Phi) is 14.2. The second-order valence-electron chi connectivity index (χ2n) is 9.08. The van der Waals surface area contributed by atoms with E-state index >= 15 is 0 Å². The first-order valence-electron chi connectivity index (χ1n) is 10.8. The Labute approximate surface area is 173 Å². The van der Waals surface area contributed by atoms with Crippen LogP contribution in [0.15, 0.2) is 23.8 Å². The molecule has 28 heavy (non-hydrogen) atoms. The molecule has 0 bridgehead atoms. The molecule has 0 radical (unpaired) electrons. The van der Waals surface area contributed by atoms with Gasteiger partial charge >= 0.3 is 5.97 Å². The van der Waals surface area contributed by atoms with Gasteiger partial charge in [0.15, 0.2) is 0 Å². The number of methoxy groups -OCH3 is 1. The number of rotatable bonds is 15. The van der Waals surface area contributed by atoms with Crippen LogP contribution >= 0.6 is 0 Å². The van der Waals surface area contributed by atoms with E-state index in [1.165, 1.54) is 12.5 Å². The van der Waals surface area contributed by atoms with Gasteiger partial charge < -0.3 is 14.6 Å². The minimum atomic E-state index is -0.310. The Morgan fingerprint density at radius 2 is 1.82 bits per heavy atom. The summed E-state index contributed by atoms with van der Waals surface area (Å²) in [5.41, 5.74) is 0.861. The fourth-order valence-corrected chi connectivity index (χ4v) is 3.01. The van der Waals surface area contributed by atoms with Gasteiger partial charge in [-0.3, -0.25) is 0 Å². The van der Waals surface area contributed by atoms with Crippen molar-refractivity contribution in [3.8, 4) is 0 Å². The maximum atomic E-state index is 11.8. The van der Waals surface area contributed by atoms with E-state index in [9.17, 15) is 9.90 Å². The zero-order valence-corrected chi connectivity index (χ0v) is 19.3. The second kappa shape index (κ2) is 14.8. The molecule has 2 atom stereocenters. The summed E-state index contributed by atoms with van der Waals surface area (Å²) in [6, 6.07) is 0. The quantitative estimate of drug-likeness (QED) is 0.163. The molecule has 1 unspecified atom stereocenters. The van der Waals surface area contributed by atoms with Gasteiger partial charge in [0, 0.05) is 13.2 Å². The fraction of sp³-hybridized carbons (Fsp3) is 0.792. The van der Waals surface area contributed by atoms with E-state index in [1.54, 1.807) is 7.11 Å². The molecule has 0 spiro atoms. The molecule has 0 aliphatic carbocycles. The van der Waals surface area contributed by atoms with Gasteiger partial charge in [-0.2, -0.15) is 0 Å². The second-order valence-corrected chi connectivity index (χ2v) is 9.08. The first-order valence-corrected chi connectivity index (χ1v) is 10.8. The van der Waals surface area contributed by atoms with Crippen LogP contribution in [-0.2, 0) is 14.3 Å². The van der Waals surface area contributed by atoms with Gasteiger partial charge in [0.25, 0.3) is 0 Å². The molecule has 164 valence electrons. The normalized spacial score (nSPS) is 15.2. The molecule has 4 nitrogen and oxygen atoms in total. The third kappa shape index (κ3) is 15.9. The molecule has 0 saturated heterocycles. The van der Waals surface area contributed by atoms with Gasteiger partial charge in [0.2, 0.25) is 0 Å². The number of allylic oxidation sites excluding steroid dienone is 3. The van der Waals surface area contributed by atoms with Gasteiger partial charge in [-0.25, -0.2) is 4.79 Å². The summed E-state index contributed by atoms with van der Waals surface area (Å²) in [6.45, 7) is 13.0. The van der Waals surface area contributed by atoms with Crippen molar-refractivity contribution in [3.63, 3.8) is 0 Å². The molecule has 0 aromatic heterocycles. The first-order chi connectivity index (χ1) is 13.1. The van der Waals surface area contributed by atoms with Gasteiger partial charge in [-0.15, -0.1) is 0 Å². The molecule has 0 heterocycles. The van der Waals surface area contributed by atoms with Crippen LogP contribution in [0.3, 0.4) is 0 Å². The smallest absolute Gasteiger partial charge is 0.331 e. The van der Waals surface area contributed by atoms with E-state index in [4.69, 9.17) is 9.47 Å². The van der Waals surface area contributed by atoms with Crippen molar-refractivity contribution in [2.24, 2.45) is 11.8 Å². The molecule has 0 saturated carbocycles. The van der Waals surface area contributed by atoms with Gasteiger partial charge in [0.05, 0.1) is 18.3 Å². The number of carbonyl (C=O) groups is 1. The van der Waals surface area contributed by atoms with E-state index in [-0.39, 0.29) is 17.7 Å². The van der Waals surface area contributed by atoms with Crippen LogP contribution in [0.2, 0.25) is 0 Å². The molecular weight excluding hydrogens is 352 g/mol. The number of carbonyl (C=O) groups excluding carboxylic acids is 1. The zero-order valence-electron chi connectivity index (χ0n) is 19.3. The predicted octanol–water partition coefficient (Wildman–Crippen LogP) is 5.84. The molecule has 0 fully saturated rings. The molecule has 0 amide bonds. The number of hydrogen-bond acceptors (Lipinski definition) is 4. The maximum Gasteiger partial charge on any atom is 0.331 e. The maximum absolute atomic E-state index is 11.8. The number of hydrogen-bond donors (Lipinski definition) is 1. The Balaban J connectivity index is 4.00. The number of esters is 1. The van der Waals surface area contributed by atoms with Crippen LogP contribution in [0.5, 0.6) is 0 Å². The molecular formula is C24H44O4. The van der Waals surface area contributed by atoms with Crippen molar-refractivity contribution in [3.05, 3.63) is 23.8 Å². The lowest BCUT2D eigenvalue weighted by Crippen LogP contribution is -2.22. The fourth-order valence-electron chi connectivity index (χ4n) is 3.01. The Bertz CT molecular complexity index is 477. The molecule has 4 heteroatoms. The Morgan fingerprint density at radius 1 is 1.14 bits per heavy atom. The minimum absolute atomic E-state index is 0.0399. The predicted molar refractivity (Wildman–Crippen MR) is 117 cm³/mol. The zero-order chi connectivity index (χ0) is 21.6. The summed E-state index contributed by atoms with van der Waals surface area (Å²) >= 11 is 0. The van der Waals surface area contributed by atoms with Gasteiger partial charge in [0.1, 0.15) is 0 Å². The van der Waals surface area contributed by atoms with E-state index in [0.29, 0.717) is 31.3 Å². The topological polar surface area (TPSA) is 55.8 Å². The van der Waals surface area contributed by atoms with Crippen LogP contribution in [0, 0.1) is 11.8 Å². The first kappa shape index (κ1) is 26.9. The van der Waals surface area contributed by atoms with Crippen molar-refractivity contribution in [1.29, 1.82) is 0 Å². The third-order valence-electron chi connectivity index (χ3n) is 4.96. The van der Waals surface area contributed by atoms with Crippen molar-refractivity contribution in [2.45, 2.75) is 98.2 Å². The summed E-state index contributed by atoms with van der Waals surface area (Å²) in [7, 11) is 1.77. The monoisotopic (exact) mass is 396 g/mol. The Hall–Kier alpha value is -1.13. The SMILES string of the molecule is COC(C)(C)CCC[C@H](C)C/C=C/C(C)=C/C(=O)OCCCC(O)CC(C)C. The van der Waals surface area contributed by atoms with Crippen LogP contribution < -0.4 is 0 Å². The lowest BCUT2D eigenvalue weighted by Gasteiger charge is -2.23. The lowest BCUT2D eigenvalue weighted by atomic mass is 9.95. The van der Waals surface area contributed by atoms with E-state index < -0.39 is 0 Å². The van der Waals surface area contributed by atoms with Crippen LogP contribution in [0.25, 0.3) is 0 Å². The lowest BCUT2D eigenvalue weighted by molar-refractivity contribution is -0.138.